The van der Waals surface area contributed by atoms with Gasteiger partial charge in [-0.25, -0.2) is 0 Å². The Bertz CT molecular complexity index is 198. The molecule has 0 spiro atoms. The topological polar surface area (TPSA) is 69.6 Å². The SMILES string of the molecule is O=C[C@H](CO)NCN1CCC[C@H]1C=O. The molecule has 1 aliphatic rings. The lowest BCUT2D eigenvalue weighted by Gasteiger charge is -2.21. The molecule has 2 atom stereocenters. The summed E-state index contributed by atoms with van der Waals surface area (Å²) in [5.74, 6) is 0. The lowest BCUT2D eigenvalue weighted by atomic mass is 10.2. The molecule has 0 saturated carbocycles. The predicted molar refractivity (Wildman–Crippen MR) is 50.7 cm³/mol. The highest BCUT2D eigenvalue weighted by Gasteiger charge is 2.23. The zero-order valence-electron chi connectivity index (χ0n) is 8.06. The summed E-state index contributed by atoms with van der Waals surface area (Å²) in [6, 6.07) is -0.559. The third-order valence-electron chi connectivity index (χ3n) is 2.49. The standard InChI is InChI=1S/C9H16N2O3/c12-4-8(5-13)10-7-11-3-1-2-9(11)6-14/h4,6,8-10,13H,1-3,5,7H2/t8-,9+/m1/s1. The normalized spacial score (nSPS) is 24.8. The van der Waals surface area contributed by atoms with Gasteiger partial charge in [0.1, 0.15) is 12.6 Å². The highest BCUT2D eigenvalue weighted by atomic mass is 16.3. The fourth-order valence-electron chi connectivity index (χ4n) is 1.59. The first-order valence-electron chi connectivity index (χ1n) is 4.80. The predicted octanol–water partition coefficient (Wildman–Crippen LogP) is -1.24. The van der Waals surface area contributed by atoms with E-state index in [1.165, 1.54) is 0 Å². The molecular weight excluding hydrogens is 184 g/mol. The van der Waals surface area contributed by atoms with Gasteiger partial charge in [-0.05, 0) is 12.8 Å². The largest absolute Gasteiger partial charge is 0.394 e. The molecule has 0 unspecified atom stereocenters. The van der Waals surface area contributed by atoms with Crippen LogP contribution in [-0.4, -0.2) is 54.5 Å². The Morgan fingerprint density at radius 2 is 2.36 bits per heavy atom. The molecule has 0 aromatic carbocycles. The Labute approximate surface area is 83.1 Å². The van der Waals surface area contributed by atoms with Gasteiger partial charge in [0.25, 0.3) is 0 Å². The van der Waals surface area contributed by atoms with Gasteiger partial charge in [0.05, 0.1) is 18.7 Å². The molecule has 0 aliphatic carbocycles. The number of aldehydes is 2. The summed E-state index contributed by atoms with van der Waals surface area (Å²) in [7, 11) is 0. The highest BCUT2D eigenvalue weighted by molar-refractivity contribution is 5.58. The van der Waals surface area contributed by atoms with Crippen molar-refractivity contribution in [2.24, 2.45) is 0 Å². The second kappa shape index (κ2) is 5.85. The molecule has 80 valence electrons. The van der Waals surface area contributed by atoms with Crippen LogP contribution in [0.15, 0.2) is 0 Å². The summed E-state index contributed by atoms with van der Waals surface area (Å²) in [5, 5.41) is 11.6. The van der Waals surface area contributed by atoms with E-state index < -0.39 is 6.04 Å². The van der Waals surface area contributed by atoms with Crippen LogP contribution in [-0.2, 0) is 9.59 Å². The van der Waals surface area contributed by atoms with Crippen molar-refractivity contribution < 1.29 is 14.7 Å². The maximum atomic E-state index is 10.6. The highest BCUT2D eigenvalue weighted by Crippen LogP contribution is 2.13. The van der Waals surface area contributed by atoms with Crippen LogP contribution in [0.4, 0.5) is 0 Å². The summed E-state index contributed by atoms with van der Waals surface area (Å²) < 4.78 is 0. The number of hydrogen-bond donors (Lipinski definition) is 2. The Hall–Kier alpha value is -0.780. The van der Waals surface area contributed by atoms with Crippen LogP contribution in [0, 0.1) is 0 Å². The van der Waals surface area contributed by atoms with Gasteiger partial charge in [0.15, 0.2) is 0 Å². The summed E-state index contributed by atoms with van der Waals surface area (Å²) in [6.07, 6.45) is 3.50. The fourth-order valence-corrected chi connectivity index (χ4v) is 1.59. The van der Waals surface area contributed by atoms with Crippen molar-refractivity contribution in [3.05, 3.63) is 0 Å². The summed E-state index contributed by atoms with van der Waals surface area (Å²) in [4.78, 5) is 23.0. The van der Waals surface area contributed by atoms with Gasteiger partial charge >= 0.3 is 0 Å². The molecule has 0 amide bonds. The number of aliphatic hydroxyl groups is 1. The molecule has 2 N–H and O–H groups in total. The fraction of sp³-hybridized carbons (Fsp3) is 0.778. The van der Waals surface area contributed by atoms with Gasteiger partial charge in [-0.15, -0.1) is 0 Å². The van der Waals surface area contributed by atoms with E-state index >= 15 is 0 Å². The average molecular weight is 200 g/mol. The van der Waals surface area contributed by atoms with E-state index in [2.05, 4.69) is 5.32 Å². The molecule has 0 aromatic rings. The monoisotopic (exact) mass is 200 g/mol. The lowest BCUT2D eigenvalue weighted by Crippen LogP contribution is -2.44. The maximum absolute atomic E-state index is 10.6. The molecule has 0 radical (unpaired) electrons. The Morgan fingerprint density at radius 3 is 2.93 bits per heavy atom. The maximum Gasteiger partial charge on any atom is 0.139 e. The van der Waals surface area contributed by atoms with Gasteiger partial charge in [0.2, 0.25) is 0 Å². The van der Waals surface area contributed by atoms with Crippen LogP contribution < -0.4 is 5.32 Å². The third kappa shape index (κ3) is 2.87. The zero-order valence-corrected chi connectivity index (χ0v) is 8.06. The first-order valence-corrected chi connectivity index (χ1v) is 4.80. The number of nitrogens with one attached hydrogen (secondary N) is 1. The van der Waals surface area contributed by atoms with Crippen LogP contribution in [0.3, 0.4) is 0 Å². The van der Waals surface area contributed by atoms with Crippen molar-refractivity contribution >= 4 is 12.6 Å². The Morgan fingerprint density at radius 1 is 1.57 bits per heavy atom. The molecule has 1 heterocycles. The van der Waals surface area contributed by atoms with Gasteiger partial charge in [-0.2, -0.15) is 0 Å². The Kier molecular flexibility index (Phi) is 4.72. The van der Waals surface area contributed by atoms with Crippen LogP contribution >= 0.6 is 0 Å². The zero-order chi connectivity index (χ0) is 10.4. The molecule has 0 aromatic heterocycles. The minimum atomic E-state index is -0.525. The number of nitrogens with zero attached hydrogens (tertiary/aromatic N) is 1. The summed E-state index contributed by atoms with van der Waals surface area (Å²) >= 11 is 0. The van der Waals surface area contributed by atoms with Gasteiger partial charge in [0, 0.05) is 13.2 Å². The minimum absolute atomic E-state index is 0.0338. The van der Waals surface area contributed by atoms with Gasteiger partial charge in [-0.3, -0.25) is 10.2 Å². The number of aliphatic hydroxyl groups excluding tert-OH is 1. The average Bonchev–Trinajstić information content (AvgIpc) is 2.67. The quantitative estimate of drug-likeness (QED) is 0.525. The number of likely N-dealkylation sites (tertiary alicyclic amines) is 1. The van der Waals surface area contributed by atoms with Crippen molar-refractivity contribution in [2.75, 3.05) is 19.8 Å². The second-order valence-corrected chi connectivity index (χ2v) is 3.45. The number of hydrogen-bond acceptors (Lipinski definition) is 5. The van der Waals surface area contributed by atoms with Crippen molar-refractivity contribution in [1.82, 2.24) is 10.2 Å². The molecule has 14 heavy (non-hydrogen) atoms. The van der Waals surface area contributed by atoms with E-state index in [1.54, 1.807) is 0 Å². The van der Waals surface area contributed by atoms with Crippen molar-refractivity contribution in [3.8, 4) is 0 Å². The molecule has 1 rings (SSSR count). The third-order valence-corrected chi connectivity index (χ3v) is 2.49. The van der Waals surface area contributed by atoms with E-state index in [0.29, 0.717) is 13.0 Å². The van der Waals surface area contributed by atoms with E-state index in [9.17, 15) is 9.59 Å². The van der Waals surface area contributed by atoms with Crippen LogP contribution in [0.25, 0.3) is 0 Å². The van der Waals surface area contributed by atoms with E-state index in [1.807, 2.05) is 4.90 Å². The molecule has 1 saturated heterocycles. The van der Waals surface area contributed by atoms with Crippen LogP contribution in [0.5, 0.6) is 0 Å². The number of carbonyl (C=O) groups is 2. The van der Waals surface area contributed by atoms with Gasteiger partial charge < -0.3 is 14.7 Å². The molecule has 5 nitrogen and oxygen atoms in total. The first-order chi connectivity index (χ1) is 6.81. The lowest BCUT2D eigenvalue weighted by molar-refractivity contribution is -0.111. The van der Waals surface area contributed by atoms with Crippen molar-refractivity contribution in [1.29, 1.82) is 0 Å². The summed E-state index contributed by atoms with van der Waals surface area (Å²) in [6.45, 7) is 1.14. The van der Waals surface area contributed by atoms with E-state index in [-0.39, 0.29) is 12.6 Å². The minimum Gasteiger partial charge on any atom is -0.394 e. The molecule has 0 bridgehead atoms. The number of carbonyl (C=O) groups excluding carboxylic acids is 2. The van der Waals surface area contributed by atoms with E-state index in [0.717, 1.165) is 25.7 Å². The van der Waals surface area contributed by atoms with Crippen LogP contribution in [0.2, 0.25) is 0 Å². The first kappa shape index (κ1) is 11.3. The van der Waals surface area contributed by atoms with Crippen molar-refractivity contribution in [3.63, 3.8) is 0 Å². The van der Waals surface area contributed by atoms with Crippen molar-refractivity contribution in [2.45, 2.75) is 24.9 Å². The summed E-state index contributed by atoms with van der Waals surface area (Å²) in [5.41, 5.74) is 0. The molecule has 1 aliphatic heterocycles. The second-order valence-electron chi connectivity index (χ2n) is 3.45. The molecule has 5 heteroatoms. The smallest absolute Gasteiger partial charge is 0.139 e. The number of rotatable bonds is 6. The Balaban J connectivity index is 2.29. The molecular formula is C9H16N2O3. The van der Waals surface area contributed by atoms with Crippen LogP contribution in [0.1, 0.15) is 12.8 Å². The van der Waals surface area contributed by atoms with Gasteiger partial charge in [-0.1, -0.05) is 0 Å². The molecule has 1 fully saturated rings. The van der Waals surface area contributed by atoms with E-state index in [4.69, 9.17) is 5.11 Å².